The van der Waals surface area contributed by atoms with Crippen LogP contribution >= 0.6 is 0 Å². The molecule has 120 valence electrons. The Hall–Kier alpha value is -1.52. The van der Waals surface area contributed by atoms with Crippen LogP contribution in [0, 0.1) is 0 Å². The highest BCUT2D eigenvalue weighted by atomic mass is 32.2. The molecule has 3 rings (SSSR count). The smallest absolute Gasteiger partial charge is 0.266 e. The quantitative estimate of drug-likeness (QED) is 0.501. The highest BCUT2D eigenvalue weighted by Crippen LogP contribution is 2.38. The third-order valence-corrected chi connectivity index (χ3v) is 5.39. The molecule has 1 aromatic carbocycles. The lowest BCUT2D eigenvalue weighted by molar-refractivity contribution is -0.220. The molecular formula is C13H15NO7S. The van der Waals surface area contributed by atoms with Gasteiger partial charge in [0.05, 0.1) is 11.7 Å². The van der Waals surface area contributed by atoms with Crippen LogP contribution in [0.5, 0.6) is 0 Å². The van der Waals surface area contributed by atoms with Crippen LogP contribution in [0.4, 0.5) is 0 Å². The Bertz CT molecular complexity index is 732. The third kappa shape index (κ3) is 2.13. The summed E-state index contributed by atoms with van der Waals surface area (Å²) in [6.07, 6.45) is -6.29. The highest BCUT2D eigenvalue weighted by Gasteiger charge is 2.46. The lowest BCUT2D eigenvalue weighted by Crippen LogP contribution is -2.53. The van der Waals surface area contributed by atoms with Gasteiger partial charge in [-0.2, -0.15) is 0 Å². The Kier molecular flexibility index (Phi) is 3.49. The second kappa shape index (κ2) is 5.00. The summed E-state index contributed by atoms with van der Waals surface area (Å²) in [5.41, 5.74) is 0.0303. The number of ether oxygens (including phenoxy) is 1. The van der Waals surface area contributed by atoms with Crippen LogP contribution in [-0.2, 0) is 14.8 Å². The van der Waals surface area contributed by atoms with Crippen molar-refractivity contribution < 1.29 is 33.3 Å². The highest BCUT2D eigenvalue weighted by molar-refractivity contribution is 7.90. The number of sulfonamides is 1. The Morgan fingerprint density at radius 3 is 2.50 bits per heavy atom. The summed E-state index contributed by atoms with van der Waals surface area (Å²) in [5.74, 6) is -0.754. The van der Waals surface area contributed by atoms with Crippen LogP contribution < -0.4 is 4.72 Å². The average molecular weight is 329 g/mol. The number of nitrogens with one attached hydrogen (secondary N) is 1. The molecule has 2 aliphatic heterocycles. The lowest BCUT2D eigenvalue weighted by Gasteiger charge is -2.39. The molecule has 4 N–H and O–H groups in total. The van der Waals surface area contributed by atoms with Crippen LogP contribution in [0.1, 0.15) is 28.9 Å². The van der Waals surface area contributed by atoms with Crippen molar-refractivity contribution >= 4 is 15.9 Å². The van der Waals surface area contributed by atoms with Crippen molar-refractivity contribution in [1.29, 1.82) is 0 Å². The molecular weight excluding hydrogens is 314 g/mol. The molecule has 2 aliphatic rings. The van der Waals surface area contributed by atoms with E-state index in [0.29, 0.717) is 0 Å². The van der Waals surface area contributed by atoms with Gasteiger partial charge in [0, 0.05) is 5.56 Å². The fraction of sp³-hybridized carbons (Fsp3) is 0.462. The number of aliphatic hydroxyl groups is 3. The van der Waals surface area contributed by atoms with E-state index in [-0.39, 0.29) is 16.0 Å². The molecule has 9 heteroatoms. The van der Waals surface area contributed by atoms with Gasteiger partial charge >= 0.3 is 0 Å². The zero-order valence-corrected chi connectivity index (χ0v) is 12.3. The minimum absolute atomic E-state index is 0.0402. The summed E-state index contributed by atoms with van der Waals surface area (Å²) in [4.78, 5) is 11.4. The molecule has 1 aromatic rings. The maximum atomic E-state index is 12.1. The summed E-state index contributed by atoms with van der Waals surface area (Å²) in [6, 6.07) is 4.22. The van der Waals surface area contributed by atoms with Gasteiger partial charge in [-0.25, -0.2) is 13.1 Å². The number of benzene rings is 1. The predicted molar refractivity (Wildman–Crippen MR) is 72.4 cm³/mol. The van der Waals surface area contributed by atoms with Crippen LogP contribution in [-0.4, -0.2) is 54.1 Å². The second-order valence-electron chi connectivity index (χ2n) is 5.39. The fourth-order valence-electron chi connectivity index (χ4n) is 2.79. The van der Waals surface area contributed by atoms with Gasteiger partial charge in [0.2, 0.25) is 0 Å². The van der Waals surface area contributed by atoms with E-state index in [1.807, 2.05) is 4.72 Å². The average Bonchev–Trinajstić information content (AvgIpc) is 2.71. The molecule has 0 saturated carbocycles. The Labute approximate surface area is 126 Å². The predicted octanol–water partition coefficient (Wildman–Crippen LogP) is -1.34. The van der Waals surface area contributed by atoms with Crippen LogP contribution in [0.2, 0.25) is 0 Å². The normalized spacial score (nSPS) is 36.7. The maximum absolute atomic E-state index is 12.1. The van der Waals surface area contributed by atoms with Crippen molar-refractivity contribution in [1.82, 2.24) is 4.72 Å². The molecule has 1 amide bonds. The van der Waals surface area contributed by atoms with E-state index >= 15 is 0 Å². The third-order valence-electron chi connectivity index (χ3n) is 3.94. The summed E-state index contributed by atoms with van der Waals surface area (Å²) >= 11 is 0. The molecule has 0 spiro atoms. The van der Waals surface area contributed by atoms with Gasteiger partial charge in [-0.1, -0.05) is 12.1 Å². The Morgan fingerprint density at radius 1 is 1.14 bits per heavy atom. The molecule has 5 atom stereocenters. The van der Waals surface area contributed by atoms with Gasteiger partial charge in [0.25, 0.3) is 15.9 Å². The van der Waals surface area contributed by atoms with Gasteiger partial charge < -0.3 is 20.1 Å². The maximum Gasteiger partial charge on any atom is 0.266 e. The summed E-state index contributed by atoms with van der Waals surface area (Å²) in [7, 11) is -4.04. The van der Waals surface area contributed by atoms with E-state index in [2.05, 4.69) is 0 Å². The second-order valence-corrected chi connectivity index (χ2v) is 7.01. The molecule has 0 bridgehead atoms. The number of carbonyl (C=O) groups excluding carboxylic acids is 1. The van der Waals surface area contributed by atoms with Crippen molar-refractivity contribution in [3.8, 4) is 0 Å². The van der Waals surface area contributed by atoms with Crippen LogP contribution in [0.25, 0.3) is 0 Å². The number of fused-ring (bicyclic) bond motifs is 1. The monoisotopic (exact) mass is 329 g/mol. The fourth-order valence-corrected chi connectivity index (χ4v) is 4.19. The standard InChI is InChI=1S/C13H15NO7S/c1-5-8(15)9(16)10(17)11(21-5)6-3-2-4-7-12(6)22(19,20)14-13(7)18/h2-5,8-11,15-17H,1H3,(H,14,18)/t5-,8+,9+,10-,11?/m1/s1. The van der Waals surface area contributed by atoms with Gasteiger partial charge in [-0.3, -0.25) is 4.79 Å². The zero-order valence-electron chi connectivity index (χ0n) is 11.5. The van der Waals surface area contributed by atoms with E-state index in [9.17, 15) is 28.5 Å². The number of rotatable bonds is 1. The molecule has 0 aliphatic carbocycles. The molecule has 0 radical (unpaired) electrons. The SMILES string of the molecule is C[C@H]1OC(c2cccc3c2S(=O)(=O)NC3=O)[C@H](O)[C@@H](O)[C@H]1O. The minimum Gasteiger partial charge on any atom is -0.388 e. The molecule has 0 aromatic heterocycles. The first kappa shape index (κ1) is 15.4. The van der Waals surface area contributed by atoms with Crippen molar-refractivity contribution in [2.45, 2.75) is 42.3 Å². The van der Waals surface area contributed by atoms with Gasteiger partial charge in [0.1, 0.15) is 29.3 Å². The van der Waals surface area contributed by atoms with Crippen molar-refractivity contribution in [2.75, 3.05) is 0 Å². The lowest BCUT2D eigenvalue weighted by atomic mass is 9.91. The summed E-state index contributed by atoms with van der Waals surface area (Å²) in [5, 5.41) is 29.7. The van der Waals surface area contributed by atoms with E-state index in [1.54, 1.807) is 0 Å². The molecule has 22 heavy (non-hydrogen) atoms. The number of amides is 1. The van der Waals surface area contributed by atoms with E-state index in [0.717, 1.165) is 0 Å². The van der Waals surface area contributed by atoms with Gasteiger partial charge in [0.15, 0.2) is 0 Å². The van der Waals surface area contributed by atoms with Crippen molar-refractivity contribution in [2.24, 2.45) is 0 Å². The first-order chi connectivity index (χ1) is 10.2. The summed E-state index contributed by atoms with van der Waals surface area (Å²) in [6.45, 7) is 1.49. The molecule has 1 fully saturated rings. The van der Waals surface area contributed by atoms with Crippen molar-refractivity contribution in [3.63, 3.8) is 0 Å². The van der Waals surface area contributed by atoms with Gasteiger partial charge in [-0.15, -0.1) is 0 Å². The molecule has 1 saturated heterocycles. The van der Waals surface area contributed by atoms with Crippen LogP contribution in [0.3, 0.4) is 0 Å². The topological polar surface area (TPSA) is 133 Å². The molecule has 8 nitrogen and oxygen atoms in total. The molecule has 2 heterocycles. The minimum atomic E-state index is -4.04. The van der Waals surface area contributed by atoms with Crippen molar-refractivity contribution in [3.05, 3.63) is 29.3 Å². The Morgan fingerprint density at radius 2 is 1.82 bits per heavy atom. The number of hydrogen-bond donors (Lipinski definition) is 4. The largest absolute Gasteiger partial charge is 0.388 e. The first-order valence-corrected chi connectivity index (χ1v) is 8.12. The van der Waals surface area contributed by atoms with Crippen LogP contribution in [0.15, 0.2) is 23.1 Å². The van der Waals surface area contributed by atoms with Gasteiger partial charge in [-0.05, 0) is 13.0 Å². The molecule has 1 unspecified atom stereocenters. The number of hydrogen-bond acceptors (Lipinski definition) is 7. The first-order valence-electron chi connectivity index (χ1n) is 6.64. The van der Waals surface area contributed by atoms with E-state index < -0.39 is 46.5 Å². The zero-order chi connectivity index (χ0) is 16.2. The summed E-state index contributed by atoms with van der Waals surface area (Å²) < 4.78 is 31.5. The Balaban J connectivity index is 2.13. The number of carbonyl (C=O) groups is 1. The van der Waals surface area contributed by atoms with E-state index in [1.165, 1.54) is 25.1 Å². The van der Waals surface area contributed by atoms with E-state index in [4.69, 9.17) is 4.74 Å². The number of aliphatic hydroxyl groups excluding tert-OH is 3.